The Morgan fingerprint density at radius 1 is 1.50 bits per heavy atom. The molecule has 2 N–H and O–H groups in total. The molecule has 0 aliphatic carbocycles. The van der Waals surface area contributed by atoms with Gasteiger partial charge in [0.05, 0.1) is 5.75 Å². The van der Waals surface area contributed by atoms with Gasteiger partial charge in [0.2, 0.25) is 10.0 Å². The van der Waals surface area contributed by atoms with E-state index < -0.39 is 10.0 Å². The minimum Gasteiger partial charge on any atom is -0.350 e. The van der Waals surface area contributed by atoms with E-state index >= 15 is 0 Å². The molecule has 6 nitrogen and oxygen atoms in total. The average molecular weight is 338 g/mol. The van der Waals surface area contributed by atoms with Crippen LogP contribution in [0.15, 0.2) is 16.7 Å². The predicted molar refractivity (Wildman–Crippen MR) is 72.9 cm³/mol. The molecular weight excluding hydrogens is 322 g/mol. The third-order valence-corrected chi connectivity index (χ3v) is 4.13. The summed E-state index contributed by atoms with van der Waals surface area (Å²) in [6.07, 6.45) is 1.75. The number of carbonyl (C=O) groups excluding carboxylic acids is 1. The Balaban J connectivity index is 2.50. The molecule has 1 amide bonds. The Labute approximate surface area is 115 Å². The molecule has 0 bridgehead atoms. The summed E-state index contributed by atoms with van der Waals surface area (Å²) in [6, 6.07) is 1.67. The monoisotopic (exact) mass is 337 g/mol. The molecular formula is C10H16BrN3O3S. The topological polar surface area (TPSA) is 80.2 Å². The lowest BCUT2D eigenvalue weighted by Gasteiger charge is -2.07. The summed E-state index contributed by atoms with van der Waals surface area (Å²) in [5.74, 6) is -0.423. The molecule has 0 radical (unpaired) electrons. The average Bonchev–Trinajstić information content (AvgIpc) is 2.57. The molecule has 0 saturated heterocycles. The zero-order valence-corrected chi connectivity index (χ0v) is 12.6. The maximum atomic E-state index is 11.8. The third kappa shape index (κ3) is 4.43. The second-order valence-corrected chi connectivity index (χ2v) is 6.57. The van der Waals surface area contributed by atoms with E-state index in [0.717, 1.165) is 4.47 Å². The van der Waals surface area contributed by atoms with Crippen molar-refractivity contribution in [2.75, 3.05) is 18.8 Å². The summed E-state index contributed by atoms with van der Waals surface area (Å²) in [5.41, 5.74) is 0.475. The van der Waals surface area contributed by atoms with E-state index in [4.69, 9.17) is 0 Å². The number of sulfonamides is 1. The molecule has 0 saturated carbocycles. The number of aryl methyl sites for hydroxylation is 1. The van der Waals surface area contributed by atoms with Gasteiger partial charge in [-0.05, 0) is 22.0 Å². The molecule has 8 heteroatoms. The molecule has 0 fully saturated rings. The van der Waals surface area contributed by atoms with Crippen LogP contribution in [0.3, 0.4) is 0 Å². The first-order chi connectivity index (χ1) is 8.35. The van der Waals surface area contributed by atoms with E-state index in [9.17, 15) is 13.2 Å². The predicted octanol–water partition coefficient (Wildman–Crippen LogP) is 0.457. The Kier molecular flexibility index (Phi) is 5.36. The molecule has 1 rings (SSSR count). The van der Waals surface area contributed by atoms with Crippen molar-refractivity contribution >= 4 is 31.9 Å². The van der Waals surface area contributed by atoms with E-state index in [1.807, 2.05) is 0 Å². The van der Waals surface area contributed by atoms with Crippen molar-refractivity contribution in [3.63, 3.8) is 0 Å². The lowest BCUT2D eigenvalue weighted by molar-refractivity contribution is 0.0948. The second kappa shape index (κ2) is 6.35. The van der Waals surface area contributed by atoms with Gasteiger partial charge in [0.15, 0.2) is 0 Å². The lowest BCUT2D eigenvalue weighted by atomic mass is 10.4. The maximum Gasteiger partial charge on any atom is 0.267 e. The first-order valence-electron chi connectivity index (χ1n) is 5.43. The number of rotatable bonds is 6. The summed E-state index contributed by atoms with van der Waals surface area (Å²) in [4.78, 5) is 11.8. The molecule has 18 heavy (non-hydrogen) atoms. The Hall–Kier alpha value is -0.860. The number of halogens is 1. The summed E-state index contributed by atoms with van der Waals surface area (Å²) in [5, 5.41) is 2.57. The van der Waals surface area contributed by atoms with Gasteiger partial charge < -0.3 is 9.88 Å². The van der Waals surface area contributed by atoms with Crippen molar-refractivity contribution in [1.29, 1.82) is 0 Å². The fourth-order valence-electron chi connectivity index (χ4n) is 1.43. The largest absolute Gasteiger partial charge is 0.350 e. The van der Waals surface area contributed by atoms with Gasteiger partial charge in [-0.1, -0.05) is 6.92 Å². The van der Waals surface area contributed by atoms with Crippen LogP contribution >= 0.6 is 15.9 Å². The summed E-state index contributed by atoms with van der Waals surface area (Å²) in [6.45, 7) is 2.13. The van der Waals surface area contributed by atoms with Crippen LogP contribution in [-0.2, 0) is 17.1 Å². The zero-order chi connectivity index (χ0) is 13.8. The summed E-state index contributed by atoms with van der Waals surface area (Å²) in [7, 11) is -1.55. The van der Waals surface area contributed by atoms with E-state index in [1.165, 1.54) is 0 Å². The van der Waals surface area contributed by atoms with E-state index in [-0.39, 0.29) is 18.2 Å². The van der Waals surface area contributed by atoms with Crippen LogP contribution in [0.5, 0.6) is 0 Å². The fourth-order valence-corrected chi connectivity index (χ4v) is 2.91. The molecule has 0 aliphatic heterocycles. The highest BCUT2D eigenvalue weighted by molar-refractivity contribution is 9.10. The quantitative estimate of drug-likeness (QED) is 0.791. The molecule has 0 aliphatic rings. The molecule has 0 aromatic carbocycles. The van der Waals surface area contributed by atoms with Crippen LogP contribution in [0.2, 0.25) is 0 Å². The third-order valence-electron chi connectivity index (χ3n) is 2.22. The maximum absolute atomic E-state index is 11.8. The minimum atomic E-state index is -3.30. The minimum absolute atomic E-state index is 0.0803. The summed E-state index contributed by atoms with van der Waals surface area (Å²) < 4.78 is 27.5. The van der Waals surface area contributed by atoms with Gasteiger partial charge in [-0.3, -0.25) is 4.79 Å². The Morgan fingerprint density at radius 2 is 2.17 bits per heavy atom. The van der Waals surface area contributed by atoms with Crippen LogP contribution in [0.4, 0.5) is 0 Å². The Bertz CT molecular complexity index is 524. The van der Waals surface area contributed by atoms with Gasteiger partial charge in [-0.2, -0.15) is 0 Å². The Morgan fingerprint density at radius 3 is 2.67 bits per heavy atom. The summed E-state index contributed by atoms with van der Waals surface area (Å²) >= 11 is 3.27. The number of hydrogen-bond acceptors (Lipinski definition) is 3. The van der Waals surface area contributed by atoms with Gasteiger partial charge in [0.25, 0.3) is 5.91 Å². The van der Waals surface area contributed by atoms with Crippen molar-refractivity contribution in [2.45, 2.75) is 6.92 Å². The van der Waals surface area contributed by atoms with Crippen molar-refractivity contribution in [3.8, 4) is 0 Å². The van der Waals surface area contributed by atoms with E-state index in [1.54, 1.807) is 30.8 Å². The number of nitrogens with one attached hydrogen (secondary N) is 2. The van der Waals surface area contributed by atoms with Gasteiger partial charge in [0.1, 0.15) is 5.69 Å². The fraction of sp³-hybridized carbons (Fsp3) is 0.500. The normalized spacial score (nSPS) is 11.5. The second-order valence-electron chi connectivity index (χ2n) is 3.73. The number of aromatic nitrogens is 1. The van der Waals surface area contributed by atoms with Crippen LogP contribution in [-0.4, -0.2) is 37.7 Å². The van der Waals surface area contributed by atoms with Gasteiger partial charge in [0, 0.05) is 30.8 Å². The first kappa shape index (κ1) is 15.2. The highest BCUT2D eigenvalue weighted by atomic mass is 79.9. The molecule has 1 heterocycles. The molecule has 0 unspecified atom stereocenters. The van der Waals surface area contributed by atoms with Crippen molar-refractivity contribution in [2.24, 2.45) is 7.05 Å². The molecule has 0 spiro atoms. The van der Waals surface area contributed by atoms with Crippen LogP contribution < -0.4 is 10.0 Å². The van der Waals surface area contributed by atoms with Gasteiger partial charge >= 0.3 is 0 Å². The number of amides is 1. The van der Waals surface area contributed by atoms with Crippen molar-refractivity contribution in [3.05, 3.63) is 22.4 Å². The lowest BCUT2D eigenvalue weighted by Crippen LogP contribution is -2.34. The van der Waals surface area contributed by atoms with Crippen LogP contribution in [0.1, 0.15) is 17.4 Å². The van der Waals surface area contributed by atoms with Crippen LogP contribution in [0.25, 0.3) is 0 Å². The highest BCUT2D eigenvalue weighted by Gasteiger charge is 2.13. The standard InChI is InChI=1S/C10H16BrN3O3S/c1-3-13-18(16,17)5-4-12-10(15)9-6-8(11)7-14(9)2/h6-7,13H,3-5H2,1-2H3,(H,12,15). The van der Waals surface area contributed by atoms with Crippen molar-refractivity contribution < 1.29 is 13.2 Å². The van der Waals surface area contributed by atoms with E-state index in [2.05, 4.69) is 26.0 Å². The number of carbonyl (C=O) groups is 1. The first-order valence-corrected chi connectivity index (χ1v) is 7.87. The van der Waals surface area contributed by atoms with Gasteiger partial charge in [-0.15, -0.1) is 0 Å². The molecule has 1 aromatic heterocycles. The van der Waals surface area contributed by atoms with Gasteiger partial charge in [-0.25, -0.2) is 13.1 Å². The molecule has 102 valence electrons. The smallest absolute Gasteiger partial charge is 0.267 e. The highest BCUT2D eigenvalue weighted by Crippen LogP contribution is 2.13. The SMILES string of the molecule is CCNS(=O)(=O)CCNC(=O)c1cc(Br)cn1C. The number of nitrogens with zero attached hydrogens (tertiary/aromatic N) is 1. The number of hydrogen-bond donors (Lipinski definition) is 2. The molecule has 1 aromatic rings. The van der Waals surface area contributed by atoms with Crippen molar-refractivity contribution in [1.82, 2.24) is 14.6 Å². The van der Waals surface area contributed by atoms with Crippen LogP contribution in [0, 0.1) is 0 Å². The van der Waals surface area contributed by atoms with E-state index in [0.29, 0.717) is 12.2 Å². The zero-order valence-electron chi connectivity index (χ0n) is 10.2. The molecule has 0 atom stereocenters.